The standard InChI is InChI=1S/C27H36N6O/c1-17(2)15-33(16-18(3)4)25-11-10-21(22-14-23(22)27-29-31-32-30-27)13-24(25)28-26(34)12-20-8-6-19(5)7-9-20/h6-11,13,17-18,22-23H,12,14-16H2,1-5H3,(H,28,34)(H,29,30,31,32)/t22?,23-/m1/s1. The molecule has 0 spiro atoms. The molecule has 2 atom stereocenters. The molecular weight excluding hydrogens is 424 g/mol. The molecular formula is C27H36N6O. The summed E-state index contributed by atoms with van der Waals surface area (Å²) in [5.74, 6) is 2.43. The average molecular weight is 461 g/mol. The maximum Gasteiger partial charge on any atom is 0.228 e. The number of H-pyrrole nitrogens is 1. The number of anilines is 2. The molecule has 0 aliphatic heterocycles. The fourth-order valence-electron chi connectivity index (χ4n) is 4.57. The van der Waals surface area contributed by atoms with Gasteiger partial charge in [-0.2, -0.15) is 5.21 Å². The molecule has 1 saturated carbocycles. The molecule has 2 aromatic carbocycles. The summed E-state index contributed by atoms with van der Waals surface area (Å²) in [5.41, 5.74) is 5.38. The minimum absolute atomic E-state index is 0.00168. The van der Waals surface area contributed by atoms with Crippen molar-refractivity contribution in [3.63, 3.8) is 0 Å². The van der Waals surface area contributed by atoms with Gasteiger partial charge in [0.15, 0.2) is 5.82 Å². The largest absolute Gasteiger partial charge is 0.369 e. The van der Waals surface area contributed by atoms with E-state index in [1.54, 1.807) is 0 Å². The molecule has 1 aliphatic rings. The van der Waals surface area contributed by atoms with Crippen LogP contribution >= 0.6 is 0 Å². The van der Waals surface area contributed by atoms with E-state index in [-0.39, 0.29) is 11.8 Å². The second-order valence-corrected chi connectivity index (χ2v) is 10.4. The van der Waals surface area contributed by atoms with Crippen LogP contribution in [0.4, 0.5) is 11.4 Å². The number of benzene rings is 2. The van der Waals surface area contributed by atoms with Crippen LogP contribution in [0.5, 0.6) is 0 Å². The number of aryl methyl sites for hydroxylation is 1. The van der Waals surface area contributed by atoms with E-state index in [9.17, 15) is 4.79 Å². The van der Waals surface area contributed by atoms with Crippen molar-refractivity contribution in [1.82, 2.24) is 20.6 Å². The van der Waals surface area contributed by atoms with Gasteiger partial charge in [-0.15, -0.1) is 10.2 Å². The Morgan fingerprint density at radius 1 is 1.06 bits per heavy atom. The molecule has 1 amide bonds. The number of nitrogens with one attached hydrogen (secondary N) is 2. The lowest BCUT2D eigenvalue weighted by atomic mass is 10.0. The monoisotopic (exact) mass is 460 g/mol. The minimum Gasteiger partial charge on any atom is -0.369 e. The van der Waals surface area contributed by atoms with Crippen LogP contribution in [0.2, 0.25) is 0 Å². The Kier molecular flexibility index (Phi) is 7.29. The Bertz CT molecular complexity index is 1080. The number of carbonyl (C=O) groups is 1. The molecule has 1 aliphatic carbocycles. The Hall–Kier alpha value is -3.22. The lowest BCUT2D eigenvalue weighted by Crippen LogP contribution is -2.32. The molecule has 4 rings (SSSR count). The first-order valence-electron chi connectivity index (χ1n) is 12.3. The van der Waals surface area contributed by atoms with Crippen molar-refractivity contribution in [2.45, 2.75) is 59.3 Å². The van der Waals surface area contributed by atoms with Crippen LogP contribution in [-0.4, -0.2) is 39.6 Å². The van der Waals surface area contributed by atoms with Gasteiger partial charge >= 0.3 is 0 Å². The van der Waals surface area contributed by atoms with Gasteiger partial charge in [0.05, 0.1) is 17.8 Å². The van der Waals surface area contributed by atoms with Crippen LogP contribution in [-0.2, 0) is 11.2 Å². The number of tetrazole rings is 1. The van der Waals surface area contributed by atoms with Crippen molar-refractivity contribution in [2.75, 3.05) is 23.3 Å². The van der Waals surface area contributed by atoms with Gasteiger partial charge in [0, 0.05) is 19.0 Å². The summed E-state index contributed by atoms with van der Waals surface area (Å²) >= 11 is 0. The van der Waals surface area contributed by atoms with Crippen LogP contribution in [0, 0.1) is 18.8 Å². The van der Waals surface area contributed by atoms with E-state index in [1.165, 1.54) is 11.1 Å². The maximum atomic E-state index is 13.1. The number of nitrogens with zero attached hydrogens (tertiary/aromatic N) is 4. The summed E-state index contributed by atoms with van der Waals surface area (Å²) in [6.07, 6.45) is 1.35. The third-order valence-electron chi connectivity index (χ3n) is 6.20. The molecule has 1 unspecified atom stereocenters. The first-order chi connectivity index (χ1) is 16.3. The Morgan fingerprint density at radius 3 is 2.38 bits per heavy atom. The molecule has 34 heavy (non-hydrogen) atoms. The summed E-state index contributed by atoms with van der Waals surface area (Å²) in [6, 6.07) is 14.7. The summed E-state index contributed by atoms with van der Waals surface area (Å²) < 4.78 is 0. The molecule has 7 heteroatoms. The molecule has 0 radical (unpaired) electrons. The molecule has 180 valence electrons. The quantitative estimate of drug-likeness (QED) is 0.441. The fraction of sp³-hybridized carbons (Fsp3) is 0.481. The van der Waals surface area contributed by atoms with Gasteiger partial charge in [0.2, 0.25) is 5.91 Å². The summed E-state index contributed by atoms with van der Waals surface area (Å²) in [5, 5.41) is 17.8. The molecule has 1 fully saturated rings. The molecule has 1 aromatic heterocycles. The van der Waals surface area contributed by atoms with Crippen molar-refractivity contribution < 1.29 is 4.79 Å². The number of aromatic amines is 1. The number of aromatic nitrogens is 4. The second-order valence-electron chi connectivity index (χ2n) is 10.4. The van der Waals surface area contributed by atoms with Crippen LogP contribution < -0.4 is 10.2 Å². The number of hydrogen-bond donors (Lipinski definition) is 2. The van der Waals surface area contributed by atoms with E-state index in [0.717, 1.165) is 42.3 Å². The van der Waals surface area contributed by atoms with E-state index >= 15 is 0 Å². The number of rotatable bonds is 10. The summed E-state index contributed by atoms with van der Waals surface area (Å²) in [7, 11) is 0. The topological polar surface area (TPSA) is 86.8 Å². The highest BCUT2D eigenvalue weighted by molar-refractivity contribution is 5.95. The highest BCUT2D eigenvalue weighted by atomic mass is 16.1. The lowest BCUT2D eigenvalue weighted by Gasteiger charge is -2.31. The van der Waals surface area contributed by atoms with Gasteiger partial charge in [0.25, 0.3) is 0 Å². The first-order valence-corrected chi connectivity index (χ1v) is 12.3. The van der Waals surface area contributed by atoms with Crippen molar-refractivity contribution in [3.8, 4) is 0 Å². The highest BCUT2D eigenvalue weighted by Crippen LogP contribution is 2.54. The zero-order chi connectivity index (χ0) is 24.2. The van der Waals surface area contributed by atoms with E-state index in [4.69, 9.17) is 0 Å². The smallest absolute Gasteiger partial charge is 0.228 e. The van der Waals surface area contributed by atoms with Crippen LogP contribution in [0.3, 0.4) is 0 Å². The molecule has 0 bridgehead atoms. The van der Waals surface area contributed by atoms with Gasteiger partial charge in [0.1, 0.15) is 0 Å². The number of amides is 1. The van der Waals surface area contributed by atoms with Crippen LogP contribution in [0.1, 0.15) is 68.5 Å². The molecule has 1 heterocycles. The predicted molar refractivity (Wildman–Crippen MR) is 136 cm³/mol. The third-order valence-corrected chi connectivity index (χ3v) is 6.20. The van der Waals surface area contributed by atoms with E-state index in [1.807, 2.05) is 24.3 Å². The van der Waals surface area contributed by atoms with Gasteiger partial charge in [-0.1, -0.05) is 68.8 Å². The summed E-state index contributed by atoms with van der Waals surface area (Å²) in [4.78, 5) is 15.5. The van der Waals surface area contributed by atoms with Crippen molar-refractivity contribution >= 4 is 17.3 Å². The SMILES string of the molecule is Cc1ccc(CC(=O)Nc2cc(C3C[C@H]3c3nn[nH]n3)ccc2N(CC(C)C)CC(C)C)cc1. The second kappa shape index (κ2) is 10.4. The van der Waals surface area contributed by atoms with Crippen LogP contribution in [0.25, 0.3) is 0 Å². The van der Waals surface area contributed by atoms with Gasteiger partial charge in [-0.05, 0) is 54.4 Å². The van der Waals surface area contributed by atoms with Crippen molar-refractivity contribution in [2.24, 2.45) is 11.8 Å². The van der Waals surface area contributed by atoms with Gasteiger partial charge < -0.3 is 10.2 Å². The fourth-order valence-corrected chi connectivity index (χ4v) is 4.57. The Morgan fingerprint density at radius 2 is 1.76 bits per heavy atom. The number of hydrogen-bond acceptors (Lipinski definition) is 5. The van der Waals surface area contributed by atoms with E-state index in [2.05, 4.69) is 83.7 Å². The molecule has 7 nitrogen and oxygen atoms in total. The van der Waals surface area contributed by atoms with E-state index in [0.29, 0.717) is 24.2 Å². The lowest BCUT2D eigenvalue weighted by molar-refractivity contribution is -0.115. The van der Waals surface area contributed by atoms with E-state index < -0.39 is 0 Å². The Balaban J connectivity index is 1.60. The highest BCUT2D eigenvalue weighted by Gasteiger charge is 2.42. The minimum atomic E-state index is 0.00168. The predicted octanol–water partition coefficient (Wildman–Crippen LogP) is 5.08. The van der Waals surface area contributed by atoms with Gasteiger partial charge in [-0.3, -0.25) is 4.79 Å². The first kappa shape index (κ1) is 23.9. The van der Waals surface area contributed by atoms with Crippen LogP contribution in [0.15, 0.2) is 42.5 Å². The zero-order valence-corrected chi connectivity index (χ0v) is 20.9. The third kappa shape index (κ3) is 6.01. The molecule has 2 N–H and O–H groups in total. The average Bonchev–Trinajstić information content (AvgIpc) is 3.38. The molecule has 3 aromatic rings. The van der Waals surface area contributed by atoms with Crippen molar-refractivity contribution in [3.05, 3.63) is 65.0 Å². The number of carbonyl (C=O) groups excluding carboxylic acids is 1. The zero-order valence-electron chi connectivity index (χ0n) is 20.9. The van der Waals surface area contributed by atoms with Crippen molar-refractivity contribution in [1.29, 1.82) is 0 Å². The molecule has 0 saturated heterocycles. The maximum absolute atomic E-state index is 13.1. The summed E-state index contributed by atoms with van der Waals surface area (Å²) in [6.45, 7) is 12.9. The normalized spacial score (nSPS) is 17.3. The van der Waals surface area contributed by atoms with Gasteiger partial charge in [-0.25, -0.2) is 0 Å². The Labute approximate surface area is 202 Å².